The summed E-state index contributed by atoms with van der Waals surface area (Å²) in [6.07, 6.45) is 3.26. The van der Waals surface area contributed by atoms with Gasteiger partial charge in [-0.15, -0.1) is 0 Å². The van der Waals surface area contributed by atoms with Crippen LogP contribution in [0.1, 0.15) is 49.4 Å². The first-order valence-corrected chi connectivity index (χ1v) is 11.7. The monoisotopic (exact) mass is 438 g/mol. The van der Waals surface area contributed by atoms with Crippen LogP contribution in [0.5, 0.6) is 0 Å². The standard InChI is InChI=1S/C24H30N4O4/c1-16-14-19(16)21(30)27-11-5-8-18(15-27)28-22(31)24(25-23(28)32)9-12-26(13-10-24)20(29)17-6-3-2-4-7-17/h2-4,6-7,16,18-19H,5,8-15H2,1H3,(H,25,32)/t16-,18-,19+/m1/s1. The summed E-state index contributed by atoms with van der Waals surface area (Å²) < 4.78 is 0. The third kappa shape index (κ3) is 3.55. The van der Waals surface area contributed by atoms with E-state index in [1.807, 2.05) is 23.1 Å². The molecule has 3 aliphatic heterocycles. The molecule has 1 aliphatic carbocycles. The van der Waals surface area contributed by atoms with E-state index in [0.717, 1.165) is 19.3 Å². The molecule has 1 spiro atoms. The molecule has 1 N–H and O–H groups in total. The molecule has 4 aliphatic rings. The van der Waals surface area contributed by atoms with Crippen LogP contribution in [0.3, 0.4) is 0 Å². The maximum absolute atomic E-state index is 13.4. The van der Waals surface area contributed by atoms with Crippen molar-refractivity contribution in [2.75, 3.05) is 26.2 Å². The average Bonchev–Trinajstić information content (AvgIpc) is 3.50. The van der Waals surface area contributed by atoms with Crippen LogP contribution in [0, 0.1) is 11.8 Å². The minimum Gasteiger partial charge on any atom is -0.340 e. The highest BCUT2D eigenvalue weighted by molar-refractivity contribution is 6.07. The van der Waals surface area contributed by atoms with Crippen molar-refractivity contribution in [3.05, 3.63) is 35.9 Å². The number of benzene rings is 1. The Labute approximate surface area is 187 Å². The molecule has 170 valence electrons. The predicted octanol–water partition coefficient (Wildman–Crippen LogP) is 1.86. The van der Waals surface area contributed by atoms with E-state index in [9.17, 15) is 19.2 Å². The molecule has 1 aromatic rings. The Bertz CT molecular complexity index is 941. The minimum atomic E-state index is -0.943. The van der Waals surface area contributed by atoms with Gasteiger partial charge in [-0.25, -0.2) is 4.79 Å². The van der Waals surface area contributed by atoms with Crippen LogP contribution in [-0.2, 0) is 9.59 Å². The molecule has 3 saturated heterocycles. The number of imide groups is 1. The maximum atomic E-state index is 13.4. The number of rotatable bonds is 3. The highest BCUT2D eigenvalue weighted by Crippen LogP contribution is 2.40. The van der Waals surface area contributed by atoms with Crippen LogP contribution in [0.25, 0.3) is 0 Å². The van der Waals surface area contributed by atoms with Crippen molar-refractivity contribution < 1.29 is 19.2 Å². The first kappa shape index (κ1) is 21.0. The Kier molecular flexibility index (Phi) is 5.18. The van der Waals surface area contributed by atoms with Gasteiger partial charge in [0.15, 0.2) is 0 Å². The second-order valence-corrected chi connectivity index (χ2v) is 9.75. The highest BCUT2D eigenvalue weighted by atomic mass is 16.2. The van der Waals surface area contributed by atoms with E-state index in [4.69, 9.17) is 0 Å². The largest absolute Gasteiger partial charge is 0.340 e. The molecule has 32 heavy (non-hydrogen) atoms. The lowest BCUT2D eigenvalue weighted by Crippen LogP contribution is -2.57. The second kappa shape index (κ2) is 7.90. The van der Waals surface area contributed by atoms with E-state index >= 15 is 0 Å². The summed E-state index contributed by atoms with van der Waals surface area (Å²) in [7, 11) is 0. The van der Waals surface area contributed by atoms with Crippen LogP contribution in [0.15, 0.2) is 30.3 Å². The van der Waals surface area contributed by atoms with Crippen LogP contribution in [0.2, 0.25) is 0 Å². The van der Waals surface area contributed by atoms with Crippen LogP contribution < -0.4 is 5.32 Å². The molecular formula is C24H30N4O4. The zero-order chi connectivity index (χ0) is 22.5. The van der Waals surface area contributed by atoms with Crippen molar-refractivity contribution in [3.8, 4) is 0 Å². The number of hydrogen-bond donors (Lipinski definition) is 1. The predicted molar refractivity (Wildman–Crippen MR) is 117 cm³/mol. The van der Waals surface area contributed by atoms with Gasteiger partial charge in [-0.3, -0.25) is 19.3 Å². The number of nitrogens with zero attached hydrogens (tertiary/aromatic N) is 3. The van der Waals surface area contributed by atoms with Crippen molar-refractivity contribution in [1.82, 2.24) is 20.0 Å². The van der Waals surface area contributed by atoms with Gasteiger partial charge in [-0.05, 0) is 50.2 Å². The first-order valence-electron chi connectivity index (χ1n) is 11.7. The van der Waals surface area contributed by atoms with Crippen molar-refractivity contribution in [2.24, 2.45) is 11.8 Å². The van der Waals surface area contributed by atoms with Crippen molar-refractivity contribution in [3.63, 3.8) is 0 Å². The molecule has 3 atom stereocenters. The quantitative estimate of drug-likeness (QED) is 0.730. The van der Waals surface area contributed by atoms with Gasteiger partial charge in [-0.1, -0.05) is 25.1 Å². The third-order valence-electron chi connectivity index (χ3n) is 7.62. The molecular weight excluding hydrogens is 408 g/mol. The molecule has 0 bridgehead atoms. The molecule has 1 aromatic carbocycles. The zero-order valence-electron chi connectivity index (χ0n) is 18.5. The number of likely N-dealkylation sites (tertiary alicyclic amines) is 2. The fourth-order valence-electron chi connectivity index (χ4n) is 5.43. The highest BCUT2D eigenvalue weighted by Gasteiger charge is 2.55. The Morgan fingerprint density at radius 3 is 2.38 bits per heavy atom. The molecule has 3 heterocycles. The molecule has 8 nitrogen and oxygen atoms in total. The van der Waals surface area contributed by atoms with Gasteiger partial charge in [-0.2, -0.15) is 0 Å². The molecule has 5 rings (SSSR count). The molecule has 8 heteroatoms. The number of piperidine rings is 2. The summed E-state index contributed by atoms with van der Waals surface area (Å²) in [5.41, 5.74) is -0.314. The Morgan fingerprint density at radius 1 is 1.03 bits per heavy atom. The van der Waals surface area contributed by atoms with E-state index in [1.54, 1.807) is 17.0 Å². The lowest BCUT2D eigenvalue weighted by molar-refractivity contribution is -0.139. The number of carbonyl (C=O) groups excluding carboxylic acids is 4. The van der Waals surface area contributed by atoms with Crippen LogP contribution in [-0.4, -0.2) is 76.2 Å². The summed E-state index contributed by atoms with van der Waals surface area (Å²) in [6, 6.07) is 8.47. The molecule has 0 radical (unpaired) electrons. The third-order valence-corrected chi connectivity index (χ3v) is 7.62. The normalized spacial score (nSPS) is 29.3. The molecule has 4 fully saturated rings. The molecule has 1 saturated carbocycles. The SMILES string of the molecule is C[C@@H]1C[C@@H]1C(=O)N1CCC[C@@H](N2C(=O)NC3(CCN(C(=O)c4ccccc4)CC3)C2=O)C1. The Hall–Kier alpha value is -2.90. The zero-order valence-corrected chi connectivity index (χ0v) is 18.5. The number of nitrogens with one attached hydrogen (secondary N) is 1. The minimum absolute atomic E-state index is 0.0511. The van der Waals surface area contributed by atoms with Crippen molar-refractivity contribution in [2.45, 2.75) is 50.6 Å². The van der Waals surface area contributed by atoms with E-state index in [0.29, 0.717) is 50.5 Å². The average molecular weight is 439 g/mol. The maximum Gasteiger partial charge on any atom is 0.325 e. The van der Waals surface area contributed by atoms with E-state index < -0.39 is 5.54 Å². The van der Waals surface area contributed by atoms with Crippen LogP contribution >= 0.6 is 0 Å². The van der Waals surface area contributed by atoms with Gasteiger partial charge in [0.2, 0.25) is 5.91 Å². The fourth-order valence-corrected chi connectivity index (χ4v) is 5.43. The molecule has 0 unspecified atom stereocenters. The smallest absolute Gasteiger partial charge is 0.325 e. The number of amides is 5. The van der Waals surface area contributed by atoms with Gasteiger partial charge in [0.05, 0.1) is 6.04 Å². The molecule has 5 amide bonds. The van der Waals surface area contributed by atoms with E-state index in [2.05, 4.69) is 12.2 Å². The van der Waals surface area contributed by atoms with Crippen molar-refractivity contribution >= 4 is 23.8 Å². The summed E-state index contributed by atoms with van der Waals surface area (Å²) in [4.78, 5) is 56.7. The van der Waals surface area contributed by atoms with Crippen LogP contribution in [0.4, 0.5) is 4.79 Å². The number of carbonyl (C=O) groups is 4. The van der Waals surface area contributed by atoms with E-state index in [1.165, 1.54) is 4.90 Å². The lowest BCUT2D eigenvalue weighted by atomic mass is 9.86. The molecule has 0 aromatic heterocycles. The number of hydrogen-bond acceptors (Lipinski definition) is 4. The number of urea groups is 1. The Morgan fingerprint density at radius 2 is 1.72 bits per heavy atom. The topological polar surface area (TPSA) is 90.0 Å². The summed E-state index contributed by atoms with van der Waals surface area (Å²) in [6.45, 7) is 4.05. The second-order valence-electron chi connectivity index (χ2n) is 9.75. The van der Waals surface area contributed by atoms with Crippen molar-refractivity contribution in [1.29, 1.82) is 0 Å². The summed E-state index contributed by atoms with van der Waals surface area (Å²) >= 11 is 0. The Balaban J connectivity index is 1.24. The first-order chi connectivity index (χ1) is 15.4. The van der Waals surface area contributed by atoms with Gasteiger partial charge < -0.3 is 15.1 Å². The van der Waals surface area contributed by atoms with Gasteiger partial charge >= 0.3 is 6.03 Å². The van der Waals surface area contributed by atoms with Gasteiger partial charge in [0.1, 0.15) is 5.54 Å². The van der Waals surface area contributed by atoms with Gasteiger partial charge in [0, 0.05) is 37.7 Å². The summed E-state index contributed by atoms with van der Waals surface area (Å²) in [5.74, 6) is 0.455. The summed E-state index contributed by atoms with van der Waals surface area (Å²) in [5, 5.41) is 2.95. The fraction of sp³-hybridized carbons (Fsp3) is 0.583. The van der Waals surface area contributed by atoms with E-state index in [-0.39, 0.29) is 35.7 Å². The van der Waals surface area contributed by atoms with Gasteiger partial charge in [0.25, 0.3) is 11.8 Å². The lowest BCUT2D eigenvalue weighted by Gasteiger charge is -2.39.